The summed E-state index contributed by atoms with van der Waals surface area (Å²) < 4.78 is 15.7. The van der Waals surface area contributed by atoms with Gasteiger partial charge in [0.2, 0.25) is 0 Å². The Labute approximate surface area is 153 Å². The maximum Gasteiger partial charge on any atom is 0.332 e. The lowest BCUT2D eigenvalue weighted by Crippen LogP contribution is -2.51. The zero-order valence-corrected chi connectivity index (χ0v) is 15.2. The second-order valence-electron chi connectivity index (χ2n) is 6.15. The molecule has 0 saturated carbocycles. The van der Waals surface area contributed by atoms with Gasteiger partial charge >= 0.3 is 5.69 Å². The van der Waals surface area contributed by atoms with E-state index in [1.807, 2.05) is 4.90 Å². The van der Waals surface area contributed by atoms with Crippen molar-refractivity contribution in [1.82, 2.24) is 14.0 Å². The van der Waals surface area contributed by atoms with Crippen molar-refractivity contribution < 1.29 is 9.18 Å². The first-order chi connectivity index (χ1) is 12.3. The Balaban J connectivity index is 1.75. The monoisotopic (exact) mass is 380 g/mol. The minimum Gasteiger partial charge on any atom is -0.354 e. The Morgan fingerprint density at radius 2 is 1.69 bits per heavy atom. The lowest BCUT2D eigenvalue weighted by Gasteiger charge is -2.36. The van der Waals surface area contributed by atoms with Gasteiger partial charge in [-0.05, 0) is 18.2 Å². The quantitative estimate of drug-likeness (QED) is 0.774. The summed E-state index contributed by atoms with van der Waals surface area (Å²) >= 11 is 5.74. The number of halogens is 2. The fourth-order valence-corrected chi connectivity index (χ4v) is 3.16. The van der Waals surface area contributed by atoms with Gasteiger partial charge in [0, 0.05) is 51.9 Å². The molecule has 0 radical (unpaired) electrons. The molecule has 3 rings (SSSR count). The van der Waals surface area contributed by atoms with Crippen LogP contribution in [0.4, 0.5) is 10.2 Å². The summed E-state index contributed by atoms with van der Waals surface area (Å²) in [6, 6.07) is 5.30. The number of aromatic nitrogens is 2. The van der Waals surface area contributed by atoms with Crippen LogP contribution in [0.15, 0.2) is 33.9 Å². The molecule has 0 spiro atoms. The molecule has 0 N–H and O–H groups in total. The van der Waals surface area contributed by atoms with Crippen molar-refractivity contribution in [3.8, 4) is 0 Å². The molecule has 1 saturated heterocycles. The van der Waals surface area contributed by atoms with Crippen molar-refractivity contribution in [2.24, 2.45) is 14.1 Å². The van der Waals surface area contributed by atoms with E-state index in [4.69, 9.17) is 11.6 Å². The number of benzene rings is 1. The van der Waals surface area contributed by atoms with E-state index in [0.29, 0.717) is 37.6 Å². The molecule has 1 aliphatic heterocycles. The van der Waals surface area contributed by atoms with E-state index in [1.54, 1.807) is 11.9 Å². The first kappa shape index (κ1) is 18.2. The fraction of sp³-hybridized carbons (Fsp3) is 0.353. The number of hydrogen-bond acceptors (Lipinski definition) is 4. The molecule has 9 heteroatoms. The highest BCUT2D eigenvalue weighted by Crippen LogP contribution is 2.19. The SMILES string of the molecule is Cn1c(N2CCN(C(=O)c3ccc(F)c(Cl)c3)CC2)cc(=O)n(C)c1=O. The van der Waals surface area contributed by atoms with E-state index >= 15 is 0 Å². The highest BCUT2D eigenvalue weighted by Gasteiger charge is 2.24. The molecular weight excluding hydrogens is 363 g/mol. The molecule has 7 nitrogen and oxygen atoms in total. The van der Waals surface area contributed by atoms with Crippen LogP contribution in [0.1, 0.15) is 10.4 Å². The second-order valence-corrected chi connectivity index (χ2v) is 6.56. The van der Waals surface area contributed by atoms with Gasteiger partial charge in [-0.25, -0.2) is 9.18 Å². The van der Waals surface area contributed by atoms with Gasteiger partial charge in [-0.1, -0.05) is 11.6 Å². The third-order valence-corrected chi connectivity index (χ3v) is 4.85. The van der Waals surface area contributed by atoms with Crippen LogP contribution in [-0.4, -0.2) is 46.1 Å². The van der Waals surface area contributed by atoms with E-state index in [2.05, 4.69) is 0 Å². The van der Waals surface area contributed by atoms with Gasteiger partial charge in [-0.15, -0.1) is 0 Å². The van der Waals surface area contributed by atoms with Gasteiger partial charge in [0.05, 0.1) is 5.02 Å². The molecule has 1 aromatic carbocycles. The van der Waals surface area contributed by atoms with Gasteiger partial charge < -0.3 is 9.80 Å². The third-order valence-electron chi connectivity index (χ3n) is 4.56. The molecule has 1 aromatic heterocycles. The van der Waals surface area contributed by atoms with E-state index < -0.39 is 11.5 Å². The van der Waals surface area contributed by atoms with Crippen LogP contribution in [0, 0.1) is 5.82 Å². The molecule has 2 aromatic rings. The predicted octanol–water partition coefficient (Wildman–Crippen LogP) is 0.839. The highest BCUT2D eigenvalue weighted by molar-refractivity contribution is 6.31. The number of piperazine rings is 1. The smallest absolute Gasteiger partial charge is 0.332 e. The van der Waals surface area contributed by atoms with Crippen molar-refractivity contribution in [3.05, 3.63) is 61.5 Å². The molecule has 0 atom stereocenters. The average molecular weight is 381 g/mol. The summed E-state index contributed by atoms with van der Waals surface area (Å²) in [6.45, 7) is 1.77. The van der Waals surface area contributed by atoms with Crippen molar-refractivity contribution >= 4 is 23.3 Å². The van der Waals surface area contributed by atoms with Crippen molar-refractivity contribution in [3.63, 3.8) is 0 Å². The molecular formula is C17H18ClFN4O3. The van der Waals surface area contributed by atoms with E-state index in [0.717, 1.165) is 4.57 Å². The molecule has 0 bridgehead atoms. The molecule has 0 aliphatic carbocycles. The number of anilines is 1. The molecule has 1 amide bonds. The van der Waals surface area contributed by atoms with Gasteiger partial charge in [0.15, 0.2) is 0 Å². The molecule has 1 aliphatic rings. The topological polar surface area (TPSA) is 67.5 Å². The lowest BCUT2D eigenvalue weighted by molar-refractivity contribution is 0.0746. The van der Waals surface area contributed by atoms with Gasteiger partial charge in [0.1, 0.15) is 11.6 Å². The normalized spacial score (nSPS) is 14.6. The Hall–Kier alpha value is -2.61. The third kappa shape index (κ3) is 3.24. The standard InChI is InChI=1S/C17H18ClFN4O3/c1-20-14(10-15(24)21(2)17(20)26)22-5-7-23(8-6-22)16(25)11-3-4-13(19)12(18)9-11/h3-4,9-10H,5-8H2,1-2H3. The summed E-state index contributed by atoms with van der Waals surface area (Å²) in [6.07, 6.45) is 0. The predicted molar refractivity (Wildman–Crippen MR) is 96.5 cm³/mol. The van der Waals surface area contributed by atoms with Gasteiger partial charge in [-0.2, -0.15) is 0 Å². The molecule has 0 unspecified atom stereocenters. The molecule has 2 heterocycles. The number of hydrogen-bond donors (Lipinski definition) is 0. The summed E-state index contributed by atoms with van der Waals surface area (Å²) in [5.74, 6) is -0.279. The number of nitrogens with zero attached hydrogens (tertiary/aromatic N) is 4. The molecule has 138 valence electrons. The summed E-state index contributed by atoms with van der Waals surface area (Å²) in [5, 5.41) is -0.0929. The van der Waals surface area contributed by atoms with Crippen LogP contribution in [0.25, 0.3) is 0 Å². The number of carbonyl (C=O) groups is 1. The first-order valence-electron chi connectivity index (χ1n) is 8.06. The summed E-state index contributed by atoms with van der Waals surface area (Å²) in [5.41, 5.74) is -0.444. The maximum atomic E-state index is 13.3. The Morgan fingerprint density at radius 1 is 1.04 bits per heavy atom. The molecule has 1 fully saturated rings. The minimum absolute atomic E-state index is 0.0929. The Morgan fingerprint density at radius 3 is 2.31 bits per heavy atom. The highest BCUT2D eigenvalue weighted by atomic mass is 35.5. The van der Waals surface area contributed by atoms with Gasteiger partial charge in [-0.3, -0.25) is 18.7 Å². The van der Waals surface area contributed by atoms with Crippen LogP contribution >= 0.6 is 11.6 Å². The van der Waals surface area contributed by atoms with E-state index in [1.165, 1.54) is 35.9 Å². The number of amides is 1. The zero-order chi connectivity index (χ0) is 19.0. The van der Waals surface area contributed by atoms with Crippen LogP contribution in [0.3, 0.4) is 0 Å². The maximum absolute atomic E-state index is 13.3. The summed E-state index contributed by atoms with van der Waals surface area (Å²) in [7, 11) is 3.04. The van der Waals surface area contributed by atoms with Crippen LogP contribution in [0.5, 0.6) is 0 Å². The van der Waals surface area contributed by atoms with Gasteiger partial charge in [0.25, 0.3) is 11.5 Å². The number of carbonyl (C=O) groups excluding carboxylic acids is 1. The van der Waals surface area contributed by atoms with Crippen molar-refractivity contribution in [1.29, 1.82) is 0 Å². The van der Waals surface area contributed by atoms with E-state index in [9.17, 15) is 18.8 Å². The van der Waals surface area contributed by atoms with E-state index in [-0.39, 0.29) is 16.5 Å². The Bertz CT molecular complexity index is 977. The first-order valence-corrected chi connectivity index (χ1v) is 8.43. The largest absolute Gasteiger partial charge is 0.354 e. The minimum atomic E-state index is -0.570. The second kappa shape index (κ2) is 6.95. The fourth-order valence-electron chi connectivity index (χ4n) is 2.98. The summed E-state index contributed by atoms with van der Waals surface area (Å²) in [4.78, 5) is 40.0. The average Bonchev–Trinajstić information content (AvgIpc) is 2.65. The van der Waals surface area contributed by atoms with Crippen molar-refractivity contribution in [2.45, 2.75) is 0 Å². The van der Waals surface area contributed by atoms with Crippen LogP contribution < -0.4 is 16.1 Å². The zero-order valence-electron chi connectivity index (χ0n) is 14.4. The Kier molecular flexibility index (Phi) is 4.86. The molecule has 26 heavy (non-hydrogen) atoms. The van der Waals surface area contributed by atoms with Crippen molar-refractivity contribution in [2.75, 3.05) is 31.1 Å². The lowest BCUT2D eigenvalue weighted by atomic mass is 10.1. The number of rotatable bonds is 2. The van der Waals surface area contributed by atoms with Crippen LogP contribution in [-0.2, 0) is 14.1 Å². The van der Waals surface area contributed by atoms with Crippen LogP contribution in [0.2, 0.25) is 5.02 Å².